The first-order valence-electron chi connectivity index (χ1n) is 9.92. The number of hydrogen-bond donors (Lipinski definition) is 0. The van der Waals surface area contributed by atoms with Gasteiger partial charge in [-0.1, -0.05) is 30.3 Å². The summed E-state index contributed by atoms with van der Waals surface area (Å²) in [5, 5.41) is 0. The number of benzene rings is 2. The predicted octanol–water partition coefficient (Wildman–Crippen LogP) is 3.50. The number of nitrogens with zero attached hydrogens (tertiary/aromatic N) is 2. The molecule has 5 heteroatoms. The van der Waals surface area contributed by atoms with E-state index in [1.54, 1.807) is 14.2 Å². The van der Waals surface area contributed by atoms with E-state index in [2.05, 4.69) is 29.2 Å². The molecule has 2 aromatic rings. The molecule has 0 bridgehead atoms. The van der Waals surface area contributed by atoms with Crippen molar-refractivity contribution in [3.05, 3.63) is 59.2 Å². The molecule has 0 unspecified atom stereocenters. The van der Waals surface area contributed by atoms with Crippen LogP contribution in [0.3, 0.4) is 0 Å². The maximum absolute atomic E-state index is 12.7. The normalized spacial score (nSPS) is 13.7. The van der Waals surface area contributed by atoms with Gasteiger partial charge in [0.15, 0.2) is 11.5 Å². The fourth-order valence-corrected chi connectivity index (χ4v) is 3.72. The second kappa shape index (κ2) is 9.60. The molecular formula is C23H30N2O3. The van der Waals surface area contributed by atoms with Gasteiger partial charge in [0.25, 0.3) is 0 Å². The number of hydrogen-bond acceptors (Lipinski definition) is 4. The Bertz CT molecular complexity index is 792. The highest BCUT2D eigenvalue weighted by atomic mass is 16.5. The number of fused-ring (bicyclic) bond motifs is 1. The second-order valence-corrected chi connectivity index (χ2v) is 7.15. The number of carbonyl (C=O) groups excluding carboxylic acids is 1. The van der Waals surface area contributed by atoms with Gasteiger partial charge < -0.3 is 14.4 Å². The number of methoxy groups -OCH3 is 2. The molecule has 0 fully saturated rings. The molecule has 5 nitrogen and oxygen atoms in total. The summed E-state index contributed by atoms with van der Waals surface area (Å²) in [5.41, 5.74) is 3.73. The summed E-state index contributed by atoms with van der Waals surface area (Å²) in [6, 6.07) is 14.3. The fraction of sp³-hybridized carbons (Fsp3) is 0.435. The van der Waals surface area contributed by atoms with Crippen LogP contribution in [0, 0.1) is 0 Å². The molecule has 1 amide bonds. The molecule has 150 valence electrons. The van der Waals surface area contributed by atoms with Crippen LogP contribution in [0.1, 0.15) is 30.0 Å². The smallest absolute Gasteiger partial charge is 0.224 e. The molecule has 0 aromatic heterocycles. The van der Waals surface area contributed by atoms with Crippen LogP contribution in [0.15, 0.2) is 42.5 Å². The van der Waals surface area contributed by atoms with E-state index in [4.69, 9.17) is 9.47 Å². The van der Waals surface area contributed by atoms with Crippen molar-refractivity contribution in [3.8, 4) is 11.5 Å². The number of rotatable bonds is 8. The van der Waals surface area contributed by atoms with Crippen molar-refractivity contribution in [1.82, 2.24) is 9.80 Å². The molecule has 2 aromatic carbocycles. The number of carbonyl (C=O) groups is 1. The summed E-state index contributed by atoms with van der Waals surface area (Å²) in [7, 11) is 3.33. The van der Waals surface area contributed by atoms with Crippen LogP contribution in [0.4, 0.5) is 0 Å². The molecule has 1 heterocycles. The van der Waals surface area contributed by atoms with Crippen molar-refractivity contribution in [2.45, 2.75) is 32.9 Å². The maximum Gasteiger partial charge on any atom is 0.224 e. The van der Waals surface area contributed by atoms with Crippen LogP contribution in [0.25, 0.3) is 0 Å². The van der Waals surface area contributed by atoms with Crippen molar-refractivity contribution in [2.75, 3.05) is 33.9 Å². The van der Waals surface area contributed by atoms with Gasteiger partial charge in [-0.3, -0.25) is 9.69 Å². The van der Waals surface area contributed by atoms with Gasteiger partial charge in [0, 0.05) is 39.1 Å². The zero-order valence-corrected chi connectivity index (χ0v) is 17.1. The van der Waals surface area contributed by atoms with Crippen molar-refractivity contribution in [2.24, 2.45) is 0 Å². The Morgan fingerprint density at radius 2 is 1.75 bits per heavy atom. The first kappa shape index (κ1) is 20.2. The summed E-state index contributed by atoms with van der Waals surface area (Å²) in [6.45, 7) is 6.02. The van der Waals surface area contributed by atoms with Gasteiger partial charge in [-0.25, -0.2) is 0 Å². The fourth-order valence-electron chi connectivity index (χ4n) is 3.72. The molecule has 0 atom stereocenters. The highest BCUT2D eigenvalue weighted by molar-refractivity contribution is 5.76. The SMILES string of the molecule is CCN(Cc1ccccc1)C(=O)CCN1CCc2cc(OC)c(OC)cc2C1. The van der Waals surface area contributed by atoms with Crippen LogP contribution in [-0.2, 0) is 24.3 Å². The Balaban J connectivity index is 1.57. The van der Waals surface area contributed by atoms with Gasteiger partial charge in [-0.15, -0.1) is 0 Å². The lowest BCUT2D eigenvalue weighted by atomic mass is 9.98. The van der Waals surface area contributed by atoms with E-state index in [9.17, 15) is 4.79 Å². The Kier molecular flexibility index (Phi) is 6.93. The van der Waals surface area contributed by atoms with Gasteiger partial charge in [0.1, 0.15) is 0 Å². The van der Waals surface area contributed by atoms with E-state index >= 15 is 0 Å². The van der Waals surface area contributed by atoms with Gasteiger partial charge in [0.2, 0.25) is 5.91 Å². The van der Waals surface area contributed by atoms with E-state index in [1.807, 2.05) is 30.0 Å². The van der Waals surface area contributed by atoms with Crippen LogP contribution in [-0.4, -0.2) is 49.6 Å². The average Bonchev–Trinajstić information content (AvgIpc) is 2.75. The molecule has 3 rings (SSSR count). The predicted molar refractivity (Wildman–Crippen MR) is 111 cm³/mol. The Hall–Kier alpha value is -2.53. The highest BCUT2D eigenvalue weighted by Crippen LogP contribution is 2.33. The minimum Gasteiger partial charge on any atom is -0.493 e. The molecule has 0 spiro atoms. The van der Waals surface area contributed by atoms with E-state index in [-0.39, 0.29) is 5.91 Å². The molecule has 0 N–H and O–H groups in total. The van der Waals surface area contributed by atoms with E-state index in [1.165, 1.54) is 16.7 Å². The van der Waals surface area contributed by atoms with Crippen molar-refractivity contribution >= 4 is 5.91 Å². The topological polar surface area (TPSA) is 42.0 Å². The van der Waals surface area contributed by atoms with Gasteiger partial charge in [-0.05, 0) is 42.2 Å². The molecule has 0 aliphatic carbocycles. The minimum atomic E-state index is 0.212. The summed E-state index contributed by atoms with van der Waals surface area (Å²) < 4.78 is 10.8. The molecule has 0 saturated carbocycles. The van der Waals surface area contributed by atoms with Gasteiger partial charge in [0.05, 0.1) is 14.2 Å². The van der Waals surface area contributed by atoms with Gasteiger partial charge in [-0.2, -0.15) is 0 Å². The third-order valence-electron chi connectivity index (χ3n) is 5.39. The lowest BCUT2D eigenvalue weighted by Gasteiger charge is -2.30. The molecule has 1 aliphatic heterocycles. The number of ether oxygens (including phenoxy) is 2. The van der Waals surface area contributed by atoms with Crippen molar-refractivity contribution in [3.63, 3.8) is 0 Å². The lowest BCUT2D eigenvalue weighted by molar-refractivity contribution is -0.132. The van der Waals surface area contributed by atoms with Crippen molar-refractivity contribution in [1.29, 1.82) is 0 Å². The van der Waals surface area contributed by atoms with E-state index < -0.39 is 0 Å². The molecule has 0 radical (unpaired) electrons. The Morgan fingerprint density at radius 3 is 2.39 bits per heavy atom. The third kappa shape index (κ3) is 4.84. The van der Waals surface area contributed by atoms with E-state index in [0.29, 0.717) is 13.0 Å². The first-order chi connectivity index (χ1) is 13.6. The Morgan fingerprint density at radius 1 is 1.07 bits per heavy atom. The average molecular weight is 383 g/mol. The molecule has 28 heavy (non-hydrogen) atoms. The summed E-state index contributed by atoms with van der Waals surface area (Å²) in [5.74, 6) is 1.76. The quantitative estimate of drug-likeness (QED) is 0.701. The standard InChI is InChI=1S/C23H30N2O3/c1-4-25(16-18-8-6-5-7-9-18)23(26)11-13-24-12-10-19-14-21(27-2)22(28-3)15-20(19)17-24/h5-9,14-15H,4,10-13,16-17H2,1-3H3. The van der Waals surface area contributed by atoms with Crippen LogP contribution in [0.2, 0.25) is 0 Å². The monoisotopic (exact) mass is 382 g/mol. The number of amides is 1. The summed E-state index contributed by atoms with van der Waals surface area (Å²) in [6.07, 6.45) is 1.51. The highest BCUT2D eigenvalue weighted by Gasteiger charge is 2.21. The van der Waals surface area contributed by atoms with Crippen LogP contribution >= 0.6 is 0 Å². The van der Waals surface area contributed by atoms with E-state index in [0.717, 1.165) is 44.1 Å². The molecular weight excluding hydrogens is 352 g/mol. The van der Waals surface area contributed by atoms with Crippen molar-refractivity contribution < 1.29 is 14.3 Å². The van der Waals surface area contributed by atoms with Gasteiger partial charge >= 0.3 is 0 Å². The molecule has 0 saturated heterocycles. The zero-order chi connectivity index (χ0) is 19.9. The largest absolute Gasteiger partial charge is 0.493 e. The summed E-state index contributed by atoms with van der Waals surface area (Å²) in [4.78, 5) is 17.0. The van der Waals surface area contributed by atoms with Crippen LogP contribution in [0.5, 0.6) is 11.5 Å². The Labute approximate surface area is 167 Å². The second-order valence-electron chi connectivity index (χ2n) is 7.15. The van der Waals surface area contributed by atoms with Crippen LogP contribution < -0.4 is 9.47 Å². The first-order valence-corrected chi connectivity index (χ1v) is 9.92. The third-order valence-corrected chi connectivity index (χ3v) is 5.39. The lowest BCUT2D eigenvalue weighted by Crippen LogP contribution is -2.36. The minimum absolute atomic E-state index is 0.212. The molecule has 1 aliphatic rings. The summed E-state index contributed by atoms with van der Waals surface area (Å²) >= 11 is 0. The maximum atomic E-state index is 12.7. The zero-order valence-electron chi connectivity index (χ0n) is 17.1.